The highest BCUT2D eigenvalue weighted by Crippen LogP contribution is 2.24. The van der Waals surface area contributed by atoms with Crippen LogP contribution in [0, 0.1) is 6.92 Å². The van der Waals surface area contributed by atoms with Crippen molar-refractivity contribution in [3.8, 4) is 0 Å². The number of nitrogens with one attached hydrogen (secondary N) is 2. The number of pyridine rings is 1. The van der Waals surface area contributed by atoms with Crippen LogP contribution in [0.3, 0.4) is 0 Å². The Kier molecular flexibility index (Phi) is 7.57. The van der Waals surface area contributed by atoms with E-state index in [0.717, 1.165) is 16.1 Å². The Balaban J connectivity index is 1.79. The molecule has 11 heteroatoms. The Labute approximate surface area is 199 Å². The summed E-state index contributed by atoms with van der Waals surface area (Å²) in [7, 11) is -7.60. The molecule has 0 unspecified atom stereocenters. The largest absolute Gasteiger partial charge is 0.324 e. The third-order valence-corrected chi connectivity index (χ3v) is 7.54. The molecule has 2 aromatic carbocycles. The summed E-state index contributed by atoms with van der Waals surface area (Å²) in [4.78, 5) is 16.9. The van der Waals surface area contributed by atoms with Crippen molar-refractivity contribution in [3.63, 3.8) is 0 Å². The van der Waals surface area contributed by atoms with Gasteiger partial charge in [0.2, 0.25) is 15.9 Å². The molecular weight excluding hydrogens is 476 g/mol. The van der Waals surface area contributed by atoms with Crippen molar-refractivity contribution in [1.82, 2.24) is 4.98 Å². The molecule has 0 aliphatic heterocycles. The van der Waals surface area contributed by atoms with E-state index in [-0.39, 0.29) is 11.3 Å². The number of benzene rings is 2. The van der Waals surface area contributed by atoms with Gasteiger partial charge in [-0.25, -0.2) is 16.8 Å². The number of anilines is 3. The Hall–Kier alpha value is -3.44. The van der Waals surface area contributed by atoms with E-state index < -0.39 is 32.0 Å². The van der Waals surface area contributed by atoms with Crippen LogP contribution in [0.15, 0.2) is 78.0 Å². The first-order chi connectivity index (χ1) is 16.0. The summed E-state index contributed by atoms with van der Waals surface area (Å²) in [5, 5.41) is 2.68. The average molecular weight is 503 g/mol. The second-order valence-electron chi connectivity index (χ2n) is 7.68. The maximum Gasteiger partial charge on any atom is 0.261 e. The molecule has 0 saturated carbocycles. The van der Waals surface area contributed by atoms with Crippen molar-refractivity contribution in [2.75, 3.05) is 20.6 Å². The van der Waals surface area contributed by atoms with Crippen LogP contribution in [0.1, 0.15) is 18.9 Å². The fourth-order valence-electron chi connectivity index (χ4n) is 3.33. The van der Waals surface area contributed by atoms with Gasteiger partial charge in [-0.3, -0.25) is 18.8 Å². The van der Waals surface area contributed by atoms with Gasteiger partial charge in [0.1, 0.15) is 6.04 Å². The first kappa shape index (κ1) is 25.2. The highest BCUT2D eigenvalue weighted by Gasteiger charge is 2.31. The minimum absolute atomic E-state index is 0.00110. The number of hydrogen-bond acceptors (Lipinski definition) is 6. The summed E-state index contributed by atoms with van der Waals surface area (Å²) in [6.07, 6.45) is 4.20. The molecule has 0 spiro atoms. The molecule has 1 aromatic heterocycles. The Morgan fingerprint density at radius 3 is 2.15 bits per heavy atom. The van der Waals surface area contributed by atoms with E-state index in [0.29, 0.717) is 17.1 Å². The molecule has 1 atom stereocenters. The van der Waals surface area contributed by atoms with Gasteiger partial charge in [-0.15, -0.1) is 0 Å². The third-order valence-electron chi connectivity index (χ3n) is 4.96. The first-order valence-electron chi connectivity index (χ1n) is 10.4. The highest BCUT2D eigenvalue weighted by molar-refractivity contribution is 7.92. The number of rotatable bonds is 9. The van der Waals surface area contributed by atoms with E-state index >= 15 is 0 Å². The number of hydrogen-bond donors (Lipinski definition) is 2. The van der Waals surface area contributed by atoms with Gasteiger partial charge < -0.3 is 5.32 Å². The lowest BCUT2D eigenvalue weighted by Crippen LogP contribution is -2.47. The number of sulfonamides is 2. The van der Waals surface area contributed by atoms with Crippen LogP contribution in [-0.4, -0.2) is 40.0 Å². The number of carbonyl (C=O) groups is 1. The molecule has 0 radical (unpaired) electrons. The zero-order valence-electron chi connectivity index (χ0n) is 19.0. The fraction of sp³-hybridized carbons (Fsp3) is 0.217. The SMILES string of the molecule is CC[C@@H](C(=O)Nc1ccc(S(=O)(=O)Nc2cccnc2)cc1)N(c1ccc(C)cc1)S(C)(=O)=O. The van der Waals surface area contributed by atoms with Crippen LogP contribution in [-0.2, 0) is 24.8 Å². The highest BCUT2D eigenvalue weighted by atomic mass is 32.2. The van der Waals surface area contributed by atoms with E-state index in [9.17, 15) is 21.6 Å². The minimum Gasteiger partial charge on any atom is -0.324 e. The molecule has 0 fully saturated rings. The van der Waals surface area contributed by atoms with Crippen molar-refractivity contribution in [1.29, 1.82) is 0 Å². The number of carbonyl (C=O) groups excluding carboxylic acids is 1. The molecule has 0 aliphatic carbocycles. The summed E-state index contributed by atoms with van der Waals surface area (Å²) >= 11 is 0. The minimum atomic E-state index is -3.84. The Morgan fingerprint density at radius 1 is 0.971 bits per heavy atom. The topological polar surface area (TPSA) is 126 Å². The molecule has 3 aromatic rings. The number of aryl methyl sites for hydroxylation is 1. The van der Waals surface area contributed by atoms with E-state index in [1.54, 1.807) is 43.3 Å². The van der Waals surface area contributed by atoms with Crippen molar-refractivity contribution in [2.45, 2.75) is 31.2 Å². The van der Waals surface area contributed by atoms with Crippen molar-refractivity contribution in [2.24, 2.45) is 0 Å². The molecule has 0 bridgehead atoms. The summed E-state index contributed by atoms with van der Waals surface area (Å²) in [6, 6.07) is 14.6. The van der Waals surface area contributed by atoms with Gasteiger partial charge in [0.25, 0.3) is 10.0 Å². The van der Waals surface area contributed by atoms with Crippen molar-refractivity contribution in [3.05, 3.63) is 78.6 Å². The molecule has 2 N–H and O–H groups in total. The molecule has 0 saturated heterocycles. The van der Waals surface area contributed by atoms with Crippen LogP contribution >= 0.6 is 0 Å². The third kappa shape index (κ3) is 6.12. The van der Waals surface area contributed by atoms with Gasteiger partial charge in [0, 0.05) is 11.9 Å². The number of nitrogens with zero attached hydrogens (tertiary/aromatic N) is 2. The van der Waals surface area contributed by atoms with Gasteiger partial charge in [-0.2, -0.15) is 0 Å². The van der Waals surface area contributed by atoms with Crippen LogP contribution in [0.25, 0.3) is 0 Å². The molecule has 1 heterocycles. The molecule has 180 valence electrons. The van der Waals surface area contributed by atoms with Crippen LogP contribution in [0.2, 0.25) is 0 Å². The standard InChI is InChI=1S/C23H26N4O5S2/c1-4-22(27(33(3,29)30)20-11-7-17(2)8-12-20)23(28)25-18-9-13-21(14-10-18)34(31,32)26-19-6-5-15-24-16-19/h5-16,22,26H,4H2,1-3H3,(H,25,28)/t22-/m0/s1. The van der Waals surface area contributed by atoms with Crippen LogP contribution < -0.4 is 14.3 Å². The van der Waals surface area contributed by atoms with E-state index in [1.807, 2.05) is 6.92 Å². The molecule has 9 nitrogen and oxygen atoms in total. The summed E-state index contributed by atoms with van der Waals surface area (Å²) < 4.78 is 53.8. The predicted octanol–water partition coefficient (Wildman–Crippen LogP) is 3.37. The normalized spacial score (nSPS) is 12.6. The Bertz CT molecular complexity index is 1340. The molecule has 3 rings (SSSR count). The van der Waals surface area contributed by atoms with Crippen LogP contribution in [0.4, 0.5) is 17.1 Å². The lowest BCUT2D eigenvalue weighted by atomic mass is 10.1. The molecule has 34 heavy (non-hydrogen) atoms. The van der Waals surface area contributed by atoms with Gasteiger partial charge in [-0.05, 0) is 61.9 Å². The summed E-state index contributed by atoms with van der Waals surface area (Å²) in [5.41, 5.74) is 2.00. The Morgan fingerprint density at radius 2 is 1.62 bits per heavy atom. The molecule has 0 aliphatic rings. The van der Waals surface area contributed by atoms with Crippen LogP contribution in [0.5, 0.6) is 0 Å². The van der Waals surface area contributed by atoms with E-state index in [4.69, 9.17) is 0 Å². The lowest BCUT2D eigenvalue weighted by molar-refractivity contribution is -0.117. The van der Waals surface area contributed by atoms with Gasteiger partial charge in [0.05, 0.1) is 28.7 Å². The average Bonchev–Trinajstić information content (AvgIpc) is 2.78. The second-order valence-corrected chi connectivity index (χ2v) is 11.2. The van der Waals surface area contributed by atoms with E-state index in [1.165, 1.54) is 36.7 Å². The molecular formula is C23H26N4O5S2. The summed E-state index contributed by atoms with van der Waals surface area (Å²) in [6.45, 7) is 3.60. The van der Waals surface area contributed by atoms with E-state index in [2.05, 4.69) is 15.0 Å². The first-order valence-corrected chi connectivity index (χ1v) is 13.7. The lowest BCUT2D eigenvalue weighted by Gasteiger charge is -2.30. The second kappa shape index (κ2) is 10.2. The van der Waals surface area contributed by atoms with Gasteiger partial charge in [-0.1, -0.05) is 24.6 Å². The van der Waals surface area contributed by atoms with Crippen molar-refractivity contribution < 1.29 is 21.6 Å². The smallest absolute Gasteiger partial charge is 0.261 e. The van der Waals surface area contributed by atoms with Gasteiger partial charge in [0.15, 0.2) is 0 Å². The maximum absolute atomic E-state index is 13.0. The fourth-order valence-corrected chi connectivity index (χ4v) is 5.59. The maximum atomic E-state index is 13.0. The molecule has 1 amide bonds. The zero-order valence-corrected chi connectivity index (χ0v) is 20.6. The zero-order chi connectivity index (χ0) is 24.9. The summed E-state index contributed by atoms with van der Waals surface area (Å²) in [5.74, 6) is -0.530. The number of aromatic nitrogens is 1. The predicted molar refractivity (Wildman–Crippen MR) is 133 cm³/mol. The number of amides is 1. The van der Waals surface area contributed by atoms with Crippen molar-refractivity contribution >= 4 is 43.0 Å². The quantitative estimate of drug-likeness (QED) is 0.462. The van der Waals surface area contributed by atoms with Gasteiger partial charge >= 0.3 is 0 Å². The monoisotopic (exact) mass is 502 g/mol.